The van der Waals surface area contributed by atoms with Gasteiger partial charge in [-0.3, -0.25) is 0 Å². The lowest BCUT2D eigenvalue weighted by atomic mass is 9.96. The molecule has 0 heterocycles. The molecular weight excluding hydrogens is 388 g/mol. The third-order valence-corrected chi connectivity index (χ3v) is 6.07. The number of benzene rings is 4. The standard InChI is InChI=1S/2C15H19N/c1-11(2)12-8-9-14-13(10-12)6-5-7-15(14)16(3)4;1-11(2)14-7-5-6-12-10-13(16(3)4)8-9-15(12)14/h2*5-11H,1-4H3. The predicted octanol–water partition coefficient (Wildman–Crippen LogP) is 8.06. The van der Waals surface area contributed by atoms with E-state index in [0.29, 0.717) is 11.8 Å². The largest absolute Gasteiger partial charge is 0.378 e. The van der Waals surface area contributed by atoms with E-state index >= 15 is 0 Å². The summed E-state index contributed by atoms with van der Waals surface area (Å²) in [4.78, 5) is 4.30. The molecule has 4 rings (SSSR count). The minimum Gasteiger partial charge on any atom is -0.378 e. The highest BCUT2D eigenvalue weighted by atomic mass is 15.1. The van der Waals surface area contributed by atoms with E-state index in [1.54, 1.807) is 0 Å². The minimum atomic E-state index is 0.578. The quantitative estimate of drug-likeness (QED) is 0.325. The Labute approximate surface area is 194 Å². The Kier molecular flexibility index (Phi) is 7.45. The third-order valence-electron chi connectivity index (χ3n) is 6.07. The highest BCUT2D eigenvalue weighted by molar-refractivity contribution is 5.94. The van der Waals surface area contributed by atoms with Crippen molar-refractivity contribution in [3.05, 3.63) is 83.9 Å². The normalized spacial score (nSPS) is 11.1. The van der Waals surface area contributed by atoms with Crippen LogP contribution in [0, 0.1) is 0 Å². The van der Waals surface area contributed by atoms with Crippen molar-refractivity contribution in [3.63, 3.8) is 0 Å². The Morgan fingerprint density at radius 2 is 1.19 bits per heavy atom. The van der Waals surface area contributed by atoms with E-state index in [4.69, 9.17) is 0 Å². The van der Waals surface area contributed by atoms with Crippen LogP contribution < -0.4 is 9.80 Å². The van der Waals surface area contributed by atoms with Gasteiger partial charge in [0, 0.05) is 45.0 Å². The fraction of sp³-hybridized carbons (Fsp3) is 0.333. The summed E-state index contributed by atoms with van der Waals surface area (Å²) in [6.07, 6.45) is 0. The molecule has 0 saturated heterocycles. The fourth-order valence-corrected chi connectivity index (χ4v) is 4.11. The first-order chi connectivity index (χ1) is 15.2. The zero-order valence-electron chi connectivity index (χ0n) is 21.0. The summed E-state index contributed by atoms with van der Waals surface area (Å²) in [5.74, 6) is 1.17. The molecule has 0 radical (unpaired) electrons. The molecule has 4 aromatic carbocycles. The highest BCUT2D eigenvalue weighted by Gasteiger charge is 2.06. The first kappa shape index (κ1) is 23.7. The van der Waals surface area contributed by atoms with Crippen LogP contribution in [-0.2, 0) is 0 Å². The Morgan fingerprint density at radius 1 is 0.562 bits per heavy atom. The Morgan fingerprint density at radius 3 is 1.78 bits per heavy atom. The van der Waals surface area contributed by atoms with Gasteiger partial charge in [-0.2, -0.15) is 0 Å². The number of fused-ring (bicyclic) bond motifs is 2. The van der Waals surface area contributed by atoms with E-state index in [0.717, 1.165) is 0 Å². The Bertz CT molecular complexity index is 1090. The summed E-state index contributed by atoms with van der Waals surface area (Å²) >= 11 is 0. The van der Waals surface area contributed by atoms with Crippen molar-refractivity contribution in [2.24, 2.45) is 0 Å². The Balaban J connectivity index is 0.000000181. The van der Waals surface area contributed by atoms with Crippen LogP contribution in [0.4, 0.5) is 11.4 Å². The molecule has 32 heavy (non-hydrogen) atoms. The van der Waals surface area contributed by atoms with Crippen LogP contribution in [0.15, 0.2) is 72.8 Å². The van der Waals surface area contributed by atoms with Gasteiger partial charge in [0.1, 0.15) is 0 Å². The SMILES string of the molecule is CC(C)c1ccc2c(N(C)C)cccc2c1.CC(C)c1cccc2cc(N(C)C)ccc12. The van der Waals surface area contributed by atoms with E-state index in [9.17, 15) is 0 Å². The minimum absolute atomic E-state index is 0.578. The van der Waals surface area contributed by atoms with Crippen LogP contribution >= 0.6 is 0 Å². The van der Waals surface area contributed by atoms with Gasteiger partial charge in [-0.05, 0) is 57.3 Å². The zero-order valence-corrected chi connectivity index (χ0v) is 21.0. The van der Waals surface area contributed by atoms with Crippen LogP contribution in [0.2, 0.25) is 0 Å². The second kappa shape index (κ2) is 10.1. The van der Waals surface area contributed by atoms with E-state index in [2.05, 4.69) is 138 Å². The van der Waals surface area contributed by atoms with E-state index in [1.807, 2.05) is 0 Å². The molecule has 0 bridgehead atoms. The fourth-order valence-electron chi connectivity index (χ4n) is 4.11. The van der Waals surface area contributed by atoms with Crippen LogP contribution in [0.3, 0.4) is 0 Å². The summed E-state index contributed by atoms with van der Waals surface area (Å²) in [7, 11) is 8.33. The van der Waals surface area contributed by atoms with Gasteiger partial charge >= 0.3 is 0 Å². The van der Waals surface area contributed by atoms with Gasteiger partial charge in [0.05, 0.1) is 0 Å². The van der Waals surface area contributed by atoms with Crippen LogP contribution in [-0.4, -0.2) is 28.2 Å². The van der Waals surface area contributed by atoms with E-state index in [1.165, 1.54) is 44.0 Å². The monoisotopic (exact) mass is 426 g/mol. The average Bonchev–Trinajstić information content (AvgIpc) is 2.77. The van der Waals surface area contributed by atoms with E-state index in [-0.39, 0.29) is 0 Å². The first-order valence-electron chi connectivity index (χ1n) is 11.6. The van der Waals surface area contributed by atoms with Crippen molar-refractivity contribution >= 4 is 32.9 Å². The summed E-state index contributed by atoms with van der Waals surface area (Å²) < 4.78 is 0. The van der Waals surface area contributed by atoms with Crippen LogP contribution in [0.25, 0.3) is 21.5 Å². The lowest BCUT2D eigenvalue weighted by Gasteiger charge is -2.16. The molecule has 4 aromatic rings. The molecule has 0 aliphatic carbocycles. The van der Waals surface area contributed by atoms with Crippen molar-refractivity contribution in [2.45, 2.75) is 39.5 Å². The number of rotatable bonds is 4. The second-order valence-corrected chi connectivity index (χ2v) is 9.61. The van der Waals surface area contributed by atoms with Gasteiger partial charge in [0.15, 0.2) is 0 Å². The van der Waals surface area contributed by atoms with Crippen molar-refractivity contribution in [1.29, 1.82) is 0 Å². The molecule has 0 amide bonds. The summed E-state index contributed by atoms with van der Waals surface area (Å²) in [5.41, 5.74) is 5.38. The van der Waals surface area contributed by atoms with Gasteiger partial charge in [-0.15, -0.1) is 0 Å². The third kappa shape index (κ3) is 5.24. The molecule has 2 heteroatoms. The molecule has 0 fully saturated rings. The smallest absolute Gasteiger partial charge is 0.0440 e. The molecular formula is C30H38N2. The molecule has 2 nitrogen and oxygen atoms in total. The lowest BCUT2D eigenvalue weighted by molar-refractivity contribution is 0.869. The number of hydrogen-bond donors (Lipinski definition) is 0. The highest BCUT2D eigenvalue weighted by Crippen LogP contribution is 2.29. The summed E-state index contributed by atoms with van der Waals surface area (Å²) in [6, 6.07) is 26.5. The summed E-state index contributed by atoms with van der Waals surface area (Å²) in [5, 5.41) is 5.37. The second-order valence-electron chi connectivity index (χ2n) is 9.61. The van der Waals surface area contributed by atoms with Gasteiger partial charge in [-0.1, -0.05) is 82.3 Å². The molecule has 0 aromatic heterocycles. The maximum atomic E-state index is 2.30. The number of hydrogen-bond acceptors (Lipinski definition) is 2. The maximum Gasteiger partial charge on any atom is 0.0440 e. The van der Waals surface area contributed by atoms with Crippen LogP contribution in [0.5, 0.6) is 0 Å². The molecule has 0 spiro atoms. The number of anilines is 2. The van der Waals surface area contributed by atoms with Gasteiger partial charge in [-0.25, -0.2) is 0 Å². The van der Waals surface area contributed by atoms with Crippen molar-refractivity contribution in [3.8, 4) is 0 Å². The first-order valence-corrected chi connectivity index (χ1v) is 11.6. The molecule has 0 saturated carbocycles. The molecule has 0 N–H and O–H groups in total. The topological polar surface area (TPSA) is 6.48 Å². The predicted molar refractivity (Wildman–Crippen MR) is 145 cm³/mol. The van der Waals surface area contributed by atoms with Crippen molar-refractivity contribution < 1.29 is 0 Å². The van der Waals surface area contributed by atoms with Gasteiger partial charge < -0.3 is 9.80 Å². The molecule has 0 aliphatic heterocycles. The molecule has 0 atom stereocenters. The van der Waals surface area contributed by atoms with E-state index < -0.39 is 0 Å². The molecule has 168 valence electrons. The molecule has 0 unspecified atom stereocenters. The van der Waals surface area contributed by atoms with Crippen LogP contribution in [0.1, 0.15) is 50.7 Å². The molecule has 0 aliphatic rings. The van der Waals surface area contributed by atoms with Crippen molar-refractivity contribution in [2.75, 3.05) is 38.0 Å². The lowest BCUT2D eigenvalue weighted by Crippen LogP contribution is -2.08. The summed E-state index contributed by atoms with van der Waals surface area (Å²) in [6.45, 7) is 8.96. The Hall–Kier alpha value is -3.00. The van der Waals surface area contributed by atoms with Crippen molar-refractivity contribution in [1.82, 2.24) is 0 Å². The number of nitrogens with zero attached hydrogens (tertiary/aromatic N) is 2. The average molecular weight is 427 g/mol. The van der Waals surface area contributed by atoms with Gasteiger partial charge in [0.25, 0.3) is 0 Å². The van der Waals surface area contributed by atoms with Gasteiger partial charge in [0.2, 0.25) is 0 Å². The maximum absolute atomic E-state index is 2.30. The zero-order chi connectivity index (χ0) is 23.4.